The first kappa shape index (κ1) is 100. The van der Waals surface area contributed by atoms with Gasteiger partial charge >= 0.3 is 39.5 Å². The zero-order valence-corrected chi connectivity index (χ0v) is 68.7. The molecule has 0 aromatic rings. The number of phosphoric acid groups is 2. The first-order valence-corrected chi connectivity index (χ1v) is 46.0. The predicted molar refractivity (Wildman–Crippen MR) is 418 cm³/mol. The lowest BCUT2D eigenvalue weighted by molar-refractivity contribution is -0.161. The predicted octanol–water partition coefficient (Wildman–Crippen LogP) is 25.1. The SMILES string of the molecule is CCCCCCCCCCCCCCCCCCC(=O)O[C@H](COC(=O)CCCCCCCCC)COP(=O)(O)OC[C@H](O)COP(=O)(O)OC[C@@H](COC(=O)CCCCCCCCCCCCCCCCC(C)CC)OC(=O)CCCCCCCCCCCCCCCCCCCCC(C)C. The maximum atomic E-state index is 13.1. The molecule has 102 heavy (non-hydrogen) atoms. The highest BCUT2D eigenvalue weighted by molar-refractivity contribution is 7.47. The lowest BCUT2D eigenvalue weighted by atomic mass is 9.99. The number of phosphoric ester groups is 2. The van der Waals surface area contributed by atoms with Crippen molar-refractivity contribution in [2.75, 3.05) is 39.6 Å². The summed E-state index contributed by atoms with van der Waals surface area (Å²) >= 11 is 0. The molecule has 0 saturated carbocycles. The molecular formula is C83H162O17P2. The van der Waals surface area contributed by atoms with E-state index in [-0.39, 0.29) is 25.7 Å². The van der Waals surface area contributed by atoms with Crippen molar-refractivity contribution in [3.63, 3.8) is 0 Å². The Hall–Kier alpha value is -1.94. The van der Waals surface area contributed by atoms with Crippen LogP contribution in [-0.4, -0.2) is 96.7 Å². The summed E-state index contributed by atoms with van der Waals surface area (Å²) in [6.07, 6.45) is 65.3. The quantitative estimate of drug-likeness (QED) is 0.0222. The third-order valence-corrected chi connectivity index (χ3v) is 21.7. The molecule has 0 bridgehead atoms. The van der Waals surface area contributed by atoms with E-state index in [9.17, 15) is 43.2 Å². The summed E-state index contributed by atoms with van der Waals surface area (Å²) in [5.74, 6) is -0.439. The number of aliphatic hydroxyl groups excluding tert-OH is 1. The molecule has 0 aliphatic carbocycles. The van der Waals surface area contributed by atoms with Crippen LogP contribution in [-0.2, 0) is 65.4 Å². The lowest BCUT2D eigenvalue weighted by Crippen LogP contribution is -2.30. The molecule has 6 atom stereocenters. The molecular weight excluding hydrogens is 1330 g/mol. The first-order chi connectivity index (χ1) is 49.4. The average molecular weight is 1490 g/mol. The zero-order chi connectivity index (χ0) is 74.9. The lowest BCUT2D eigenvalue weighted by Gasteiger charge is -2.21. The molecule has 3 unspecified atom stereocenters. The van der Waals surface area contributed by atoms with Gasteiger partial charge in [-0.25, -0.2) is 9.13 Å². The molecule has 0 radical (unpaired) electrons. The minimum absolute atomic E-state index is 0.108. The van der Waals surface area contributed by atoms with Gasteiger partial charge in [0.15, 0.2) is 12.2 Å². The normalized spacial score (nSPS) is 14.1. The van der Waals surface area contributed by atoms with Crippen LogP contribution in [0.5, 0.6) is 0 Å². The number of unbranched alkanes of at least 4 members (excludes halogenated alkanes) is 51. The van der Waals surface area contributed by atoms with Gasteiger partial charge < -0.3 is 33.8 Å². The molecule has 3 N–H and O–H groups in total. The standard InChI is InChI=1S/C83H162O17P2/c1-7-10-12-14-16-17-18-19-20-26-33-38-43-49-55-61-67-82(87)99-78(71-93-80(85)65-59-53-45-15-13-11-8-2)73-97-101(89,90)95-69-77(84)70-96-102(91,92)98-74-79(72-94-81(86)66-60-54-48-42-37-32-29-28-31-36-41-47-52-58-64-76(6)9-3)100-83(88)68-62-56-50-44-39-34-27-24-22-21-23-25-30-35-40-46-51-57-63-75(4)5/h75-79,84H,7-74H2,1-6H3,(H,89,90)(H,91,92)/t76?,77-,78+,79+/m0/s1. The van der Waals surface area contributed by atoms with E-state index in [4.69, 9.17) is 37.0 Å². The van der Waals surface area contributed by atoms with Crippen LogP contribution in [0.25, 0.3) is 0 Å². The Morgan fingerprint density at radius 1 is 0.284 bits per heavy atom. The van der Waals surface area contributed by atoms with Crippen LogP contribution >= 0.6 is 15.6 Å². The Kier molecular flexibility index (Phi) is 73.1. The highest BCUT2D eigenvalue weighted by Gasteiger charge is 2.30. The van der Waals surface area contributed by atoms with Crippen LogP contribution in [0.2, 0.25) is 0 Å². The molecule has 0 fully saturated rings. The van der Waals surface area contributed by atoms with Gasteiger partial charge in [-0.1, -0.05) is 388 Å². The molecule has 0 aromatic carbocycles. The summed E-state index contributed by atoms with van der Waals surface area (Å²) in [5.41, 5.74) is 0. The highest BCUT2D eigenvalue weighted by atomic mass is 31.2. The van der Waals surface area contributed by atoms with Crippen molar-refractivity contribution in [3.8, 4) is 0 Å². The summed E-state index contributed by atoms with van der Waals surface area (Å²) in [6, 6.07) is 0. The average Bonchev–Trinajstić information content (AvgIpc) is 0.943. The molecule has 0 aromatic heterocycles. The Morgan fingerprint density at radius 3 is 0.745 bits per heavy atom. The van der Waals surface area contributed by atoms with Crippen LogP contribution < -0.4 is 0 Å². The summed E-state index contributed by atoms with van der Waals surface area (Å²) in [4.78, 5) is 73.0. The van der Waals surface area contributed by atoms with Crippen LogP contribution in [0.15, 0.2) is 0 Å². The fourth-order valence-electron chi connectivity index (χ4n) is 12.9. The second-order valence-electron chi connectivity index (χ2n) is 30.6. The smallest absolute Gasteiger partial charge is 0.462 e. The van der Waals surface area contributed by atoms with Gasteiger partial charge in [0.05, 0.1) is 26.4 Å². The van der Waals surface area contributed by atoms with Crippen molar-refractivity contribution < 1.29 is 80.2 Å². The number of ether oxygens (including phenoxy) is 4. The van der Waals surface area contributed by atoms with Gasteiger partial charge in [-0.15, -0.1) is 0 Å². The largest absolute Gasteiger partial charge is 0.472 e. The second-order valence-corrected chi connectivity index (χ2v) is 33.5. The van der Waals surface area contributed by atoms with Crippen molar-refractivity contribution in [1.82, 2.24) is 0 Å². The fraction of sp³-hybridized carbons (Fsp3) is 0.952. The second kappa shape index (κ2) is 74.5. The van der Waals surface area contributed by atoms with Gasteiger partial charge in [0, 0.05) is 25.7 Å². The first-order valence-electron chi connectivity index (χ1n) is 43.0. The maximum absolute atomic E-state index is 13.1. The molecule has 0 aliphatic heterocycles. The minimum Gasteiger partial charge on any atom is -0.462 e. The number of carbonyl (C=O) groups excluding carboxylic acids is 4. The molecule has 606 valence electrons. The number of esters is 4. The minimum atomic E-state index is -4.96. The van der Waals surface area contributed by atoms with Gasteiger partial charge in [0.1, 0.15) is 19.3 Å². The number of aliphatic hydroxyl groups is 1. The molecule has 19 heteroatoms. The van der Waals surface area contributed by atoms with E-state index in [1.165, 1.54) is 244 Å². The molecule has 0 spiro atoms. The van der Waals surface area contributed by atoms with Gasteiger partial charge in [-0.3, -0.25) is 37.3 Å². The van der Waals surface area contributed by atoms with Crippen molar-refractivity contribution >= 4 is 39.5 Å². The van der Waals surface area contributed by atoms with Gasteiger partial charge in [0.25, 0.3) is 0 Å². The van der Waals surface area contributed by atoms with Crippen LogP contribution in [0.3, 0.4) is 0 Å². The van der Waals surface area contributed by atoms with Crippen molar-refractivity contribution in [2.45, 2.75) is 458 Å². The highest BCUT2D eigenvalue weighted by Crippen LogP contribution is 2.45. The summed E-state index contributed by atoms with van der Waals surface area (Å²) in [5, 5.41) is 10.6. The van der Waals surface area contributed by atoms with Gasteiger partial charge in [0.2, 0.25) is 0 Å². The Bertz CT molecular complexity index is 1960. The van der Waals surface area contributed by atoms with E-state index in [2.05, 4.69) is 41.5 Å². The Labute approximate surface area is 626 Å². The monoisotopic (exact) mass is 1490 g/mol. The summed E-state index contributed by atoms with van der Waals surface area (Å²) in [7, 11) is -9.92. The third-order valence-electron chi connectivity index (χ3n) is 19.8. The van der Waals surface area contributed by atoms with E-state index in [1.54, 1.807) is 0 Å². The number of carbonyl (C=O) groups is 4. The topological polar surface area (TPSA) is 237 Å². The molecule has 0 saturated heterocycles. The van der Waals surface area contributed by atoms with Crippen LogP contribution in [0.1, 0.15) is 440 Å². The van der Waals surface area contributed by atoms with E-state index in [1.807, 2.05) is 0 Å². The Morgan fingerprint density at radius 2 is 0.500 bits per heavy atom. The number of hydrogen-bond donors (Lipinski definition) is 3. The summed E-state index contributed by atoms with van der Waals surface area (Å²) < 4.78 is 68.7. The summed E-state index contributed by atoms with van der Waals surface area (Å²) in [6.45, 7) is 9.70. The fourth-order valence-corrected chi connectivity index (χ4v) is 14.4. The van der Waals surface area contributed by atoms with Gasteiger partial charge in [-0.05, 0) is 37.5 Å². The maximum Gasteiger partial charge on any atom is 0.472 e. The molecule has 0 amide bonds. The van der Waals surface area contributed by atoms with Crippen LogP contribution in [0, 0.1) is 11.8 Å². The van der Waals surface area contributed by atoms with E-state index < -0.39 is 97.5 Å². The molecule has 0 aliphatic rings. The van der Waals surface area contributed by atoms with Gasteiger partial charge in [-0.2, -0.15) is 0 Å². The molecule has 0 heterocycles. The zero-order valence-electron chi connectivity index (χ0n) is 66.9. The van der Waals surface area contributed by atoms with E-state index in [0.29, 0.717) is 25.7 Å². The van der Waals surface area contributed by atoms with E-state index in [0.717, 1.165) is 115 Å². The third kappa shape index (κ3) is 74.9. The van der Waals surface area contributed by atoms with Crippen molar-refractivity contribution in [1.29, 1.82) is 0 Å². The number of rotatable bonds is 82. The van der Waals surface area contributed by atoms with Crippen molar-refractivity contribution in [2.24, 2.45) is 11.8 Å². The van der Waals surface area contributed by atoms with Crippen LogP contribution in [0.4, 0.5) is 0 Å². The molecule has 0 rings (SSSR count). The number of hydrogen-bond acceptors (Lipinski definition) is 15. The van der Waals surface area contributed by atoms with Crippen molar-refractivity contribution in [3.05, 3.63) is 0 Å². The Balaban J connectivity index is 5.17. The molecule has 17 nitrogen and oxygen atoms in total. The van der Waals surface area contributed by atoms with E-state index >= 15 is 0 Å².